The van der Waals surface area contributed by atoms with E-state index in [1.807, 2.05) is 48.0 Å². The van der Waals surface area contributed by atoms with Gasteiger partial charge in [0.05, 0.1) is 52.0 Å². The predicted octanol–water partition coefficient (Wildman–Crippen LogP) is 5.00. The summed E-state index contributed by atoms with van der Waals surface area (Å²) < 4.78 is 7.68. The van der Waals surface area contributed by atoms with E-state index in [1.165, 1.54) is 0 Å². The maximum Gasteiger partial charge on any atom is 0.237 e. The smallest absolute Gasteiger partial charge is 0.237 e. The highest BCUT2D eigenvalue weighted by Crippen LogP contribution is 2.42. The molecule has 12 nitrogen and oxygen atoms in total. The lowest BCUT2D eigenvalue weighted by molar-refractivity contribution is -0.121. The van der Waals surface area contributed by atoms with Crippen molar-refractivity contribution in [2.45, 2.75) is 49.9 Å². The van der Waals surface area contributed by atoms with E-state index >= 15 is 0 Å². The molecule has 14 heteroatoms. The third-order valence-electron chi connectivity index (χ3n) is 10.9. The highest BCUT2D eigenvalue weighted by Gasteiger charge is 2.48. The van der Waals surface area contributed by atoms with Crippen molar-refractivity contribution in [1.82, 2.24) is 44.9 Å². The molecule has 5 aromatic rings. The molecule has 2 amide bonds. The topological polar surface area (TPSA) is 130 Å². The van der Waals surface area contributed by atoms with Gasteiger partial charge >= 0.3 is 0 Å². The first-order valence-electron chi connectivity index (χ1n) is 17.5. The van der Waals surface area contributed by atoms with Crippen LogP contribution in [0.25, 0.3) is 44.8 Å². The number of rotatable bonds is 8. The molecular weight excluding hydrogens is 701 g/mol. The third-order valence-corrected chi connectivity index (χ3v) is 11.7. The molecule has 0 aliphatic carbocycles. The van der Waals surface area contributed by atoms with Gasteiger partial charge in [-0.3, -0.25) is 29.4 Å². The SMILES string of the molecule is COc1nc(-c2cccc(-c3cccc(-c4cnc5c(CN6CC7(CCC(=O)N7)C6)cn(C)c5n4)c3Cl)c2Cl)cnc1CN1CC2(CCC(=O)N2)C1. The molecule has 2 N–H and O–H groups in total. The molecule has 266 valence electrons. The van der Waals surface area contributed by atoms with Gasteiger partial charge in [0.25, 0.3) is 0 Å². The van der Waals surface area contributed by atoms with Gasteiger partial charge in [-0.25, -0.2) is 9.97 Å². The summed E-state index contributed by atoms with van der Waals surface area (Å²) in [5.74, 6) is 0.708. The van der Waals surface area contributed by atoms with Gasteiger partial charge in [0.15, 0.2) is 5.65 Å². The Morgan fingerprint density at radius 1 is 0.769 bits per heavy atom. The summed E-state index contributed by atoms with van der Waals surface area (Å²) in [7, 11) is 3.56. The van der Waals surface area contributed by atoms with Crippen molar-refractivity contribution in [3.05, 3.63) is 76.3 Å². The number of hydrogen-bond acceptors (Lipinski definition) is 9. The van der Waals surface area contributed by atoms with Crippen LogP contribution in [0.2, 0.25) is 10.0 Å². The fourth-order valence-corrected chi connectivity index (χ4v) is 9.09. The molecule has 52 heavy (non-hydrogen) atoms. The Morgan fingerprint density at radius 2 is 1.31 bits per heavy atom. The quantitative estimate of drug-likeness (QED) is 0.226. The molecule has 0 bridgehead atoms. The lowest BCUT2D eigenvalue weighted by Crippen LogP contribution is -2.66. The second-order valence-corrected chi connectivity index (χ2v) is 15.4. The molecule has 4 aliphatic heterocycles. The number of hydrogen-bond donors (Lipinski definition) is 2. The molecular formula is C38H37Cl2N9O3. The number of nitrogens with zero attached hydrogens (tertiary/aromatic N) is 7. The standard InChI is InChI=1S/C38H37Cl2N9O3/c1-47-15-22(16-48-18-37(19-48)11-9-30(50)45-37)34-35(47)43-27(14-42-34)25-7-3-5-23(32(25)39)24-6-4-8-26(33(24)40)28-13-41-29(36(44-28)52-2)17-49-20-38(21-49)12-10-31(51)46-38/h3-8,13-15H,9-12,16-21H2,1-2H3,(H,45,50)(H,46,51). The summed E-state index contributed by atoms with van der Waals surface area (Å²) in [4.78, 5) is 47.5. The van der Waals surface area contributed by atoms with Gasteiger partial charge < -0.3 is 19.9 Å². The van der Waals surface area contributed by atoms with E-state index in [2.05, 4.69) is 26.6 Å². The maximum absolute atomic E-state index is 11.8. The van der Waals surface area contributed by atoms with Crippen molar-refractivity contribution in [2.24, 2.45) is 7.05 Å². The van der Waals surface area contributed by atoms with E-state index in [1.54, 1.807) is 19.5 Å². The first kappa shape index (κ1) is 33.2. The number of halogens is 2. The maximum atomic E-state index is 11.8. The predicted molar refractivity (Wildman–Crippen MR) is 198 cm³/mol. The lowest BCUT2D eigenvalue weighted by atomic mass is 9.88. The van der Waals surface area contributed by atoms with E-state index in [0.717, 1.165) is 84.7 Å². The average molecular weight is 739 g/mol. The van der Waals surface area contributed by atoms with Crippen molar-refractivity contribution in [2.75, 3.05) is 33.3 Å². The molecule has 9 rings (SSSR count). The average Bonchev–Trinajstić information content (AvgIpc) is 3.79. The second kappa shape index (κ2) is 12.5. The Balaban J connectivity index is 0.955. The summed E-state index contributed by atoms with van der Waals surface area (Å²) in [5, 5.41) is 7.28. The van der Waals surface area contributed by atoms with Crippen LogP contribution in [0.15, 0.2) is 55.0 Å². The van der Waals surface area contributed by atoms with Gasteiger partial charge in [0, 0.05) is 93.2 Å². The van der Waals surface area contributed by atoms with Crippen molar-refractivity contribution in [3.63, 3.8) is 0 Å². The molecule has 3 aromatic heterocycles. The van der Waals surface area contributed by atoms with Crippen LogP contribution in [-0.4, -0.2) is 90.5 Å². The Labute approximate surface area is 310 Å². The number of benzene rings is 2. The molecule has 0 atom stereocenters. The Morgan fingerprint density at radius 3 is 1.87 bits per heavy atom. The highest BCUT2D eigenvalue weighted by atomic mass is 35.5. The number of methoxy groups -OCH3 is 1. The van der Waals surface area contributed by atoms with Crippen molar-refractivity contribution >= 4 is 46.2 Å². The third kappa shape index (κ3) is 5.69. The fourth-order valence-electron chi connectivity index (χ4n) is 8.44. The van der Waals surface area contributed by atoms with Crippen LogP contribution in [0.4, 0.5) is 0 Å². The highest BCUT2D eigenvalue weighted by molar-refractivity contribution is 6.39. The van der Waals surface area contributed by atoms with Gasteiger partial charge in [0.1, 0.15) is 11.2 Å². The lowest BCUT2D eigenvalue weighted by Gasteiger charge is -2.47. The van der Waals surface area contributed by atoms with Gasteiger partial charge in [-0.15, -0.1) is 0 Å². The molecule has 0 saturated carbocycles. The first-order valence-corrected chi connectivity index (χ1v) is 18.2. The Bertz CT molecular complexity index is 2280. The zero-order chi connectivity index (χ0) is 35.8. The minimum Gasteiger partial charge on any atom is -0.480 e. The summed E-state index contributed by atoms with van der Waals surface area (Å²) >= 11 is 14.3. The largest absolute Gasteiger partial charge is 0.480 e. The van der Waals surface area contributed by atoms with E-state index in [-0.39, 0.29) is 22.9 Å². The number of nitrogens with one attached hydrogen (secondary N) is 2. The number of aryl methyl sites for hydroxylation is 1. The summed E-state index contributed by atoms with van der Waals surface area (Å²) in [6.45, 7) is 4.58. The van der Waals surface area contributed by atoms with Crippen LogP contribution >= 0.6 is 23.2 Å². The van der Waals surface area contributed by atoms with E-state index in [0.29, 0.717) is 52.3 Å². The second-order valence-electron chi connectivity index (χ2n) is 14.7. The molecule has 4 fully saturated rings. The monoisotopic (exact) mass is 737 g/mol. The Hall–Kier alpha value is -4.62. The normalized spacial score (nSPS) is 19.2. The number of ether oxygens (including phenoxy) is 1. The molecule has 2 aromatic carbocycles. The number of likely N-dealkylation sites (tertiary alicyclic amines) is 2. The molecule has 2 spiro atoms. The van der Waals surface area contributed by atoms with E-state index in [4.69, 9.17) is 47.9 Å². The van der Waals surface area contributed by atoms with Crippen LogP contribution in [0.1, 0.15) is 36.9 Å². The van der Waals surface area contributed by atoms with Crippen molar-refractivity contribution in [3.8, 4) is 39.5 Å². The van der Waals surface area contributed by atoms with Crippen LogP contribution in [-0.2, 0) is 29.7 Å². The van der Waals surface area contributed by atoms with Gasteiger partial charge in [-0.1, -0.05) is 59.6 Å². The summed E-state index contributed by atoms with van der Waals surface area (Å²) in [5.41, 5.74) is 7.48. The molecule has 4 saturated heterocycles. The van der Waals surface area contributed by atoms with E-state index in [9.17, 15) is 9.59 Å². The summed E-state index contributed by atoms with van der Waals surface area (Å²) in [6, 6.07) is 11.6. The van der Waals surface area contributed by atoms with Crippen LogP contribution in [0.3, 0.4) is 0 Å². The molecule has 0 unspecified atom stereocenters. The number of carbonyl (C=O) groups excluding carboxylic acids is 2. The van der Waals surface area contributed by atoms with Crippen LogP contribution in [0, 0.1) is 0 Å². The van der Waals surface area contributed by atoms with Crippen molar-refractivity contribution < 1.29 is 14.3 Å². The zero-order valence-electron chi connectivity index (χ0n) is 28.9. The van der Waals surface area contributed by atoms with Gasteiger partial charge in [-0.05, 0) is 12.8 Å². The number of amides is 2. The fraction of sp³-hybridized carbons (Fsp3) is 0.368. The van der Waals surface area contributed by atoms with E-state index < -0.39 is 0 Å². The summed E-state index contributed by atoms with van der Waals surface area (Å²) in [6.07, 6.45) is 8.54. The number of fused-ring (bicyclic) bond motifs is 1. The number of carbonyl (C=O) groups is 2. The molecule has 0 radical (unpaired) electrons. The minimum atomic E-state index is -0.107. The van der Waals surface area contributed by atoms with Gasteiger partial charge in [-0.2, -0.15) is 0 Å². The van der Waals surface area contributed by atoms with Crippen molar-refractivity contribution in [1.29, 1.82) is 0 Å². The zero-order valence-corrected chi connectivity index (χ0v) is 30.4. The first-order chi connectivity index (χ1) is 25.1. The Kier molecular flexibility index (Phi) is 7.99. The van der Waals surface area contributed by atoms with Crippen LogP contribution < -0.4 is 15.4 Å². The van der Waals surface area contributed by atoms with Gasteiger partial charge in [0.2, 0.25) is 17.7 Å². The minimum absolute atomic E-state index is 0.0642. The van der Waals surface area contributed by atoms with Crippen LogP contribution in [0.5, 0.6) is 5.88 Å². The number of aromatic nitrogens is 5. The molecule has 4 aliphatic rings. The molecule has 7 heterocycles.